The number of hydrogen-bond donors (Lipinski definition) is 0. The Hall–Kier alpha value is -0.781. The smallest absolute Gasteiger partial charge is 0 e. The van der Waals surface area contributed by atoms with Crippen LogP contribution < -0.4 is 0 Å². The second kappa shape index (κ2) is 9.76. The van der Waals surface area contributed by atoms with Crippen molar-refractivity contribution in [3.05, 3.63) is 60.2 Å². The van der Waals surface area contributed by atoms with Gasteiger partial charge in [-0.2, -0.15) is 0 Å². The third kappa shape index (κ3) is 7.18. The van der Waals surface area contributed by atoms with Crippen LogP contribution in [0.5, 0.6) is 0 Å². The minimum absolute atomic E-state index is 0. The molecule has 0 unspecified atom stereocenters. The molecule has 0 spiro atoms. The van der Waals surface area contributed by atoms with E-state index in [-0.39, 0.29) is 17.1 Å². The quantitative estimate of drug-likeness (QED) is 0.565. The molecule has 0 fully saturated rings. The molecule has 2 rings (SSSR count). The molecule has 84 valence electrons. The summed E-state index contributed by atoms with van der Waals surface area (Å²) in [6.07, 6.45) is 3.53. The van der Waals surface area contributed by atoms with E-state index in [4.69, 9.17) is 0 Å². The molecular formula is C14H10Fe-10. The molecule has 2 aromatic carbocycles. The molecule has 0 saturated carbocycles. The van der Waals surface area contributed by atoms with Gasteiger partial charge >= 0.3 is 0 Å². The van der Waals surface area contributed by atoms with E-state index in [9.17, 15) is 0 Å². The van der Waals surface area contributed by atoms with Gasteiger partial charge in [0.1, 0.15) is 0 Å². The van der Waals surface area contributed by atoms with Gasteiger partial charge in [-0.05, 0) is 0 Å². The first-order chi connectivity index (χ1) is 6.93. The molecule has 0 saturated heterocycles. The summed E-state index contributed by atoms with van der Waals surface area (Å²) >= 11 is 0. The molecule has 15 heavy (non-hydrogen) atoms. The Morgan fingerprint density at radius 1 is 1.00 bits per heavy atom. The predicted molar refractivity (Wildman–Crippen MR) is 53.4 cm³/mol. The Bertz CT molecular complexity index is 262. The average Bonchev–Trinajstić information content (AvgIpc) is 2.90. The second-order valence-electron chi connectivity index (χ2n) is 2.77. The van der Waals surface area contributed by atoms with E-state index >= 15 is 0 Å². The Labute approximate surface area is 104 Å². The molecule has 2 aromatic rings. The Balaban J connectivity index is 0.000000280. The van der Waals surface area contributed by atoms with Crippen LogP contribution in [0.3, 0.4) is 0 Å². The van der Waals surface area contributed by atoms with Gasteiger partial charge in [-0.25, -0.2) is 6.42 Å². The number of rotatable bonds is 3. The minimum Gasteiger partial charge on any atom is -0.999 e. The topological polar surface area (TPSA) is 0 Å². The molecule has 0 aliphatic rings. The molecule has 0 N–H and O–H groups in total. The normalized spacial score (nSPS) is 8.60. The summed E-state index contributed by atoms with van der Waals surface area (Å²) in [4.78, 5) is 0. The van der Waals surface area contributed by atoms with E-state index in [1.807, 2.05) is 0 Å². The molecule has 0 bridgehead atoms. The monoisotopic (exact) mass is 234 g/mol. The molecule has 0 amide bonds. The molecular weight excluding hydrogens is 224 g/mol. The van der Waals surface area contributed by atoms with Crippen molar-refractivity contribution in [1.82, 2.24) is 0 Å². The third-order valence-electron chi connectivity index (χ3n) is 1.62. The van der Waals surface area contributed by atoms with E-state index in [0.717, 1.165) is 12.0 Å². The first-order valence-corrected chi connectivity index (χ1v) is 4.64. The van der Waals surface area contributed by atoms with Gasteiger partial charge in [-0.1, -0.05) is 19.8 Å². The third-order valence-corrected chi connectivity index (χ3v) is 1.62. The largest absolute Gasteiger partial charge is 0.999 e. The first-order valence-electron chi connectivity index (χ1n) is 4.64. The Morgan fingerprint density at radius 3 is 2.00 bits per heavy atom. The fourth-order valence-corrected chi connectivity index (χ4v) is 0.904. The van der Waals surface area contributed by atoms with E-state index in [2.05, 4.69) is 55.5 Å². The summed E-state index contributed by atoms with van der Waals surface area (Å²) in [7, 11) is 0. The van der Waals surface area contributed by atoms with Crippen LogP contribution in [0.25, 0.3) is 0 Å². The maximum Gasteiger partial charge on any atom is 0 e. The van der Waals surface area contributed by atoms with Crippen LogP contribution in [0.4, 0.5) is 0 Å². The molecule has 0 nitrogen and oxygen atoms in total. The summed E-state index contributed by atoms with van der Waals surface area (Å²) in [5.41, 5.74) is 1.12. The van der Waals surface area contributed by atoms with E-state index in [0.29, 0.717) is 0 Å². The van der Waals surface area contributed by atoms with Crippen molar-refractivity contribution in [3.63, 3.8) is 0 Å². The van der Waals surface area contributed by atoms with Crippen molar-refractivity contribution in [2.45, 2.75) is 26.2 Å². The van der Waals surface area contributed by atoms with Crippen LogP contribution in [-0.2, 0) is 23.5 Å². The summed E-state index contributed by atoms with van der Waals surface area (Å²) < 4.78 is 0. The van der Waals surface area contributed by atoms with E-state index in [1.54, 1.807) is 6.07 Å². The Morgan fingerprint density at radius 2 is 1.60 bits per heavy atom. The molecule has 1 heteroatoms. The zero-order valence-electron chi connectivity index (χ0n) is 8.55. The van der Waals surface area contributed by atoms with Gasteiger partial charge in [-0.15, -0.1) is 0 Å². The molecule has 0 aromatic heterocycles. The van der Waals surface area contributed by atoms with Crippen molar-refractivity contribution < 1.29 is 17.1 Å². The number of hydrogen-bond acceptors (Lipinski definition) is 0. The maximum absolute atomic E-state index is 2.94. The van der Waals surface area contributed by atoms with Crippen LogP contribution in [0.15, 0.2) is 6.07 Å². The summed E-state index contributed by atoms with van der Waals surface area (Å²) in [5.74, 6) is 0. The predicted octanol–water partition coefficient (Wildman–Crippen LogP) is 2.55. The van der Waals surface area contributed by atoms with Gasteiger partial charge in [0.15, 0.2) is 0 Å². The van der Waals surface area contributed by atoms with Crippen LogP contribution in [0, 0.1) is 48.5 Å². The fraction of sp³-hybridized carbons (Fsp3) is 0.286. The van der Waals surface area contributed by atoms with Crippen molar-refractivity contribution in [2.75, 3.05) is 0 Å². The molecule has 0 aliphatic carbocycles. The van der Waals surface area contributed by atoms with Crippen LogP contribution >= 0.6 is 0 Å². The van der Waals surface area contributed by atoms with Crippen molar-refractivity contribution >= 4 is 0 Å². The SMILES string of the molecule is CCCC[c-]1[c-][c-][c-][c-]1.[Fe].[c-]1[c-][c-][cH-][c-]1. The van der Waals surface area contributed by atoms with Crippen molar-refractivity contribution in [1.29, 1.82) is 0 Å². The molecule has 0 radical (unpaired) electrons. The van der Waals surface area contributed by atoms with Gasteiger partial charge < -0.3 is 60.2 Å². The zero-order valence-corrected chi connectivity index (χ0v) is 9.66. The maximum atomic E-state index is 2.94. The van der Waals surface area contributed by atoms with Crippen molar-refractivity contribution in [3.8, 4) is 0 Å². The Kier molecular flexibility index (Phi) is 9.25. The van der Waals surface area contributed by atoms with Crippen LogP contribution in [0.2, 0.25) is 0 Å². The van der Waals surface area contributed by atoms with Gasteiger partial charge in [0.25, 0.3) is 0 Å². The number of unbranched alkanes of at least 4 members (excludes halogenated alkanes) is 1. The fourth-order valence-electron chi connectivity index (χ4n) is 0.904. The van der Waals surface area contributed by atoms with Gasteiger partial charge in [0.05, 0.1) is 0 Å². The van der Waals surface area contributed by atoms with E-state index in [1.165, 1.54) is 12.8 Å². The molecule has 0 aliphatic heterocycles. The standard InChI is InChI=1S/C9H9.C5H.Fe/c1-2-3-6-9-7-4-5-8-9;1-2-4-5-3-1;/h2-3,6H2,1H3;1H;/q2*-5;. The summed E-state index contributed by atoms with van der Waals surface area (Å²) in [6.45, 7) is 2.18. The average molecular weight is 234 g/mol. The van der Waals surface area contributed by atoms with Crippen LogP contribution in [0.1, 0.15) is 25.3 Å². The second-order valence-corrected chi connectivity index (χ2v) is 2.77. The van der Waals surface area contributed by atoms with Crippen LogP contribution in [-0.4, -0.2) is 0 Å². The first kappa shape index (κ1) is 14.2. The number of aryl methyl sites for hydroxylation is 1. The summed E-state index contributed by atoms with van der Waals surface area (Å²) in [6, 6.07) is 23.3. The zero-order chi connectivity index (χ0) is 10.1. The van der Waals surface area contributed by atoms with Gasteiger partial charge in [-0.3, -0.25) is 0 Å². The van der Waals surface area contributed by atoms with Gasteiger partial charge in [0, 0.05) is 17.1 Å². The minimum atomic E-state index is 0. The molecule has 0 heterocycles. The van der Waals surface area contributed by atoms with Crippen molar-refractivity contribution in [2.24, 2.45) is 0 Å². The summed E-state index contributed by atoms with van der Waals surface area (Å²) in [5, 5.41) is 0. The van der Waals surface area contributed by atoms with Gasteiger partial charge in [0.2, 0.25) is 0 Å². The van der Waals surface area contributed by atoms with E-state index < -0.39 is 0 Å². The molecule has 0 atom stereocenters.